The standard InChI is InChI=1S/C25H31FN2O5/c1-6-8-20(16-11-13-17(14-12-16)23(30)32-5)27-22(29)21(18-9-7-10-19(26)15-18)28-24(31)33-25(2,3)4/h7,9-15,20-21H,6,8H2,1-5H3,(H,27,29)(H,28,31)/t20-,21?/m1/s1. The molecule has 0 aliphatic rings. The Labute approximate surface area is 193 Å². The van der Waals surface area contributed by atoms with Gasteiger partial charge in [0, 0.05) is 0 Å². The van der Waals surface area contributed by atoms with Gasteiger partial charge in [-0.05, 0) is 62.6 Å². The molecule has 0 saturated heterocycles. The molecule has 2 aromatic carbocycles. The first-order valence-corrected chi connectivity index (χ1v) is 10.8. The molecule has 0 aliphatic heterocycles. The van der Waals surface area contributed by atoms with Crippen molar-refractivity contribution >= 4 is 18.0 Å². The third-order valence-corrected chi connectivity index (χ3v) is 4.73. The van der Waals surface area contributed by atoms with E-state index >= 15 is 0 Å². The molecule has 2 rings (SSSR count). The number of alkyl carbamates (subject to hydrolysis) is 1. The highest BCUT2D eigenvalue weighted by Gasteiger charge is 2.28. The molecule has 0 radical (unpaired) electrons. The molecule has 0 spiro atoms. The largest absolute Gasteiger partial charge is 0.465 e. The molecule has 7 nitrogen and oxygen atoms in total. The molecular weight excluding hydrogens is 427 g/mol. The summed E-state index contributed by atoms with van der Waals surface area (Å²) >= 11 is 0. The second-order valence-electron chi connectivity index (χ2n) is 8.60. The Hall–Kier alpha value is -3.42. The summed E-state index contributed by atoms with van der Waals surface area (Å²) in [5.41, 5.74) is 0.703. The number of benzene rings is 2. The predicted octanol–water partition coefficient (Wildman–Crippen LogP) is 4.84. The predicted molar refractivity (Wildman–Crippen MR) is 122 cm³/mol. The number of hydrogen-bond acceptors (Lipinski definition) is 5. The lowest BCUT2D eigenvalue weighted by Gasteiger charge is -2.26. The van der Waals surface area contributed by atoms with Gasteiger partial charge in [0.1, 0.15) is 17.5 Å². The molecule has 0 bridgehead atoms. The number of rotatable bonds is 8. The molecule has 1 unspecified atom stereocenters. The fourth-order valence-corrected chi connectivity index (χ4v) is 3.25. The van der Waals surface area contributed by atoms with Crippen molar-refractivity contribution in [2.75, 3.05) is 7.11 Å². The molecule has 0 heterocycles. The summed E-state index contributed by atoms with van der Waals surface area (Å²) in [6.07, 6.45) is 0.598. The Morgan fingerprint density at radius 2 is 1.67 bits per heavy atom. The van der Waals surface area contributed by atoms with Crippen LogP contribution in [0.15, 0.2) is 48.5 Å². The molecule has 2 aromatic rings. The minimum atomic E-state index is -1.16. The SMILES string of the molecule is CCC[C@@H](NC(=O)C(NC(=O)OC(C)(C)C)c1cccc(F)c1)c1ccc(C(=O)OC)cc1. The topological polar surface area (TPSA) is 93.7 Å². The van der Waals surface area contributed by atoms with Crippen molar-refractivity contribution in [2.24, 2.45) is 0 Å². The molecule has 0 fully saturated rings. The maximum absolute atomic E-state index is 13.9. The maximum atomic E-state index is 13.9. The second-order valence-corrected chi connectivity index (χ2v) is 8.60. The normalized spacial score (nSPS) is 12.9. The van der Waals surface area contributed by atoms with Crippen molar-refractivity contribution in [2.45, 2.75) is 58.2 Å². The average molecular weight is 459 g/mol. The number of ether oxygens (including phenoxy) is 2. The van der Waals surface area contributed by atoms with Crippen LogP contribution in [-0.2, 0) is 14.3 Å². The number of halogens is 1. The molecule has 2 N–H and O–H groups in total. The van der Waals surface area contributed by atoms with Gasteiger partial charge in [0.05, 0.1) is 18.7 Å². The van der Waals surface area contributed by atoms with Gasteiger partial charge in [-0.25, -0.2) is 14.0 Å². The van der Waals surface area contributed by atoms with Gasteiger partial charge in [-0.3, -0.25) is 4.79 Å². The highest BCUT2D eigenvalue weighted by Crippen LogP contribution is 2.23. The van der Waals surface area contributed by atoms with Crippen LogP contribution in [0.2, 0.25) is 0 Å². The zero-order valence-electron chi connectivity index (χ0n) is 19.6. The zero-order chi connectivity index (χ0) is 24.6. The number of carbonyl (C=O) groups is 3. The summed E-state index contributed by atoms with van der Waals surface area (Å²) in [6.45, 7) is 7.10. The lowest BCUT2D eigenvalue weighted by Crippen LogP contribution is -2.43. The van der Waals surface area contributed by atoms with Crippen molar-refractivity contribution in [3.8, 4) is 0 Å². The van der Waals surface area contributed by atoms with E-state index in [9.17, 15) is 18.8 Å². The first-order valence-electron chi connectivity index (χ1n) is 10.8. The fourth-order valence-electron chi connectivity index (χ4n) is 3.25. The van der Waals surface area contributed by atoms with Crippen LogP contribution in [0.1, 0.15) is 74.1 Å². The van der Waals surface area contributed by atoms with Crippen molar-refractivity contribution in [1.29, 1.82) is 0 Å². The summed E-state index contributed by atoms with van der Waals surface area (Å²) in [6, 6.07) is 10.7. The summed E-state index contributed by atoms with van der Waals surface area (Å²) in [5.74, 6) is -1.49. The number of amides is 2. The summed E-state index contributed by atoms with van der Waals surface area (Å²) < 4.78 is 23.9. The van der Waals surface area contributed by atoms with Crippen molar-refractivity contribution in [1.82, 2.24) is 10.6 Å². The zero-order valence-corrected chi connectivity index (χ0v) is 19.6. The van der Waals surface area contributed by atoms with Crippen LogP contribution >= 0.6 is 0 Å². The Kier molecular flexibility index (Phi) is 8.96. The molecule has 33 heavy (non-hydrogen) atoms. The van der Waals surface area contributed by atoms with Gasteiger partial charge in [-0.2, -0.15) is 0 Å². The van der Waals surface area contributed by atoms with Gasteiger partial charge in [-0.15, -0.1) is 0 Å². The minimum Gasteiger partial charge on any atom is -0.465 e. The first kappa shape index (κ1) is 25.8. The van der Waals surface area contributed by atoms with Crippen molar-refractivity contribution < 1.29 is 28.2 Å². The van der Waals surface area contributed by atoms with Gasteiger partial charge < -0.3 is 20.1 Å². The molecule has 178 valence electrons. The van der Waals surface area contributed by atoms with Crippen LogP contribution < -0.4 is 10.6 Å². The van der Waals surface area contributed by atoms with Crippen molar-refractivity contribution in [3.05, 3.63) is 71.0 Å². The monoisotopic (exact) mass is 458 g/mol. The highest BCUT2D eigenvalue weighted by atomic mass is 19.1. The number of esters is 1. The average Bonchev–Trinajstić information content (AvgIpc) is 2.75. The Bertz CT molecular complexity index is 970. The molecule has 8 heteroatoms. The summed E-state index contributed by atoms with van der Waals surface area (Å²) in [7, 11) is 1.31. The minimum absolute atomic E-state index is 0.287. The van der Waals surface area contributed by atoms with Gasteiger partial charge >= 0.3 is 12.1 Å². The lowest BCUT2D eigenvalue weighted by atomic mass is 9.99. The third kappa shape index (κ3) is 7.89. The number of carbonyl (C=O) groups excluding carboxylic acids is 3. The van der Waals surface area contributed by atoms with Crippen LogP contribution in [0.4, 0.5) is 9.18 Å². The number of hydrogen-bond donors (Lipinski definition) is 2. The van der Waals surface area contributed by atoms with Crippen LogP contribution in [0, 0.1) is 5.82 Å². The molecule has 2 amide bonds. The molecule has 0 saturated carbocycles. The maximum Gasteiger partial charge on any atom is 0.408 e. The number of methoxy groups -OCH3 is 1. The van der Waals surface area contributed by atoms with E-state index in [1.807, 2.05) is 6.92 Å². The summed E-state index contributed by atoms with van der Waals surface area (Å²) in [4.78, 5) is 37.3. The van der Waals surface area contributed by atoms with E-state index in [-0.39, 0.29) is 11.6 Å². The Morgan fingerprint density at radius 1 is 1.00 bits per heavy atom. The van der Waals surface area contributed by atoms with Crippen molar-refractivity contribution in [3.63, 3.8) is 0 Å². The van der Waals surface area contributed by atoms with Gasteiger partial charge in [0.2, 0.25) is 5.91 Å². The van der Waals surface area contributed by atoms with Crippen LogP contribution in [0.3, 0.4) is 0 Å². The molecular formula is C25H31FN2O5. The van der Waals surface area contributed by atoms with E-state index in [0.717, 1.165) is 12.0 Å². The fraction of sp³-hybridized carbons (Fsp3) is 0.400. The number of nitrogens with one attached hydrogen (secondary N) is 2. The van der Waals surface area contributed by atoms with Gasteiger partial charge in [-0.1, -0.05) is 37.6 Å². The van der Waals surface area contributed by atoms with Crippen LogP contribution in [-0.4, -0.2) is 30.7 Å². The quantitative estimate of drug-likeness (QED) is 0.553. The smallest absolute Gasteiger partial charge is 0.408 e. The molecule has 0 aliphatic carbocycles. The first-order chi connectivity index (χ1) is 15.5. The lowest BCUT2D eigenvalue weighted by molar-refractivity contribution is -0.124. The Balaban J connectivity index is 2.28. The van der Waals surface area contributed by atoms with E-state index in [1.165, 1.54) is 25.3 Å². The Morgan fingerprint density at radius 3 is 2.21 bits per heavy atom. The van der Waals surface area contributed by atoms with Crippen LogP contribution in [0.5, 0.6) is 0 Å². The third-order valence-electron chi connectivity index (χ3n) is 4.73. The molecule has 0 aromatic heterocycles. The second kappa shape index (κ2) is 11.4. The summed E-state index contributed by atoms with van der Waals surface area (Å²) in [5, 5.41) is 5.48. The van der Waals surface area contributed by atoms with E-state index in [0.29, 0.717) is 12.0 Å². The van der Waals surface area contributed by atoms with E-state index in [4.69, 9.17) is 9.47 Å². The van der Waals surface area contributed by atoms with E-state index < -0.39 is 35.4 Å². The van der Waals surface area contributed by atoms with Gasteiger partial charge in [0.25, 0.3) is 0 Å². The molecule has 2 atom stereocenters. The van der Waals surface area contributed by atoms with E-state index in [1.54, 1.807) is 51.1 Å². The van der Waals surface area contributed by atoms with Gasteiger partial charge in [0.15, 0.2) is 0 Å². The van der Waals surface area contributed by atoms with E-state index in [2.05, 4.69) is 10.6 Å². The van der Waals surface area contributed by atoms with Crippen LogP contribution in [0.25, 0.3) is 0 Å². The highest BCUT2D eigenvalue weighted by molar-refractivity contribution is 5.89.